The molecule has 22 heavy (non-hydrogen) atoms. The van der Waals surface area contributed by atoms with Crippen molar-refractivity contribution < 1.29 is 9.90 Å². The highest BCUT2D eigenvalue weighted by Crippen LogP contribution is 2.23. The van der Waals surface area contributed by atoms with Crippen LogP contribution in [0, 0.1) is 0 Å². The first-order valence-corrected chi connectivity index (χ1v) is 6.23. The smallest absolute Gasteiger partial charge is 0.303 e. The van der Waals surface area contributed by atoms with Gasteiger partial charge in [0.05, 0.1) is 5.69 Å². The molecule has 5 N–H and O–H groups in total. The molecule has 0 aliphatic heterocycles. The highest BCUT2D eigenvalue weighted by molar-refractivity contribution is 5.85. The lowest BCUT2D eigenvalue weighted by Gasteiger charge is -1.98. The van der Waals surface area contributed by atoms with Gasteiger partial charge in [0.25, 0.3) is 0 Å². The second-order valence-electron chi connectivity index (χ2n) is 3.92. The normalized spacial score (nSPS) is 9.50. The number of azo groups is 1. The Hall–Kier alpha value is -2.67. The third-order valence-corrected chi connectivity index (χ3v) is 2.26. The molecule has 1 aromatic carbocycles. The first kappa shape index (κ1) is 19.3. The van der Waals surface area contributed by atoms with Crippen molar-refractivity contribution in [1.82, 2.24) is 4.98 Å². The maximum Gasteiger partial charge on any atom is 0.303 e. The Labute approximate surface area is 134 Å². The Balaban J connectivity index is 0.000000644. The van der Waals surface area contributed by atoms with Crippen molar-refractivity contribution >= 4 is 41.4 Å². The molecule has 0 unspecified atom stereocenters. The minimum atomic E-state index is -0.745. The van der Waals surface area contributed by atoms with E-state index in [9.17, 15) is 4.79 Å². The average molecular weight is 324 g/mol. The van der Waals surface area contributed by atoms with Gasteiger partial charge >= 0.3 is 5.97 Å². The van der Waals surface area contributed by atoms with Gasteiger partial charge < -0.3 is 16.6 Å². The number of nitrogens with zero attached hydrogens (tertiary/aromatic N) is 3. The zero-order valence-electron chi connectivity index (χ0n) is 12.0. The van der Waals surface area contributed by atoms with Gasteiger partial charge in [-0.2, -0.15) is 5.11 Å². The fourth-order valence-electron chi connectivity index (χ4n) is 1.17. The number of pyridine rings is 1. The molecule has 0 atom stereocenters. The molecule has 0 fully saturated rings. The Bertz CT molecular complexity index is 620. The van der Waals surface area contributed by atoms with Crippen LogP contribution in [-0.2, 0) is 4.79 Å². The van der Waals surface area contributed by atoms with Crippen molar-refractivity contribution in [3.63, 3.8) is 0 Å². The van der Waals surface area contributed by atoms with Crippen LogP contribution in [0.15, 0.2) is 52.7 Å². The highest BCUT2D eigenvalue weighted by atomic mass is 35.5. The molecule has 118 valence electrons. The van der Waals surface area contributed by atoms with Crippen molar-refractivity contribution in [2.24, 2.45) is 10.2 Å². The molecule has 0 radical (unpaired) electrons. The minimum Gasteiger partial charge on any atom is -0.481 e. The van der Waals surface area contributed by atoms with E-state index in [2.05, 4.69) is 15.2 Å². The van der Waals surface area contributed by atoms with Gasteiger partial charge in [0.1, 0.15) is 11.5 Å². The van der Waals surface area contributed by atoms with E-state index in [4.69, 9.17) is 16.6 Å². The van der Waals surface area contributed by atoms with E-state index in [1.165, 1.54) is 0 Å². The standard InChI is InChI=1S/C11H11N5.C3H6O2.ClH/c12-10-7-6-9(11(13)14-10)16-15-8-4-2-1-3-5-8;1-2-3(4)5;/h1-7H,(H4,12,13,14);2H2,1H3,(H,4,5);1H. The van der Waals surface area contributed by atoms with Crippen LogP contribution in [0.5, 0.6) is 0 Å². The van der Waals surface area contributed by atoms with Gasteiger partial charge in [-0.15, -0.1) is 17.5 Å². The number of hydrogen-bond donors (Lipinski definition) is 3. The first-order chi connectivity index (χ1) is 10.0. The molecule has 0 aliphatic rings. The van der Waals surface area contributed by atoms with E-state index in [1.54, 1.807) is 19.1 Å². The Kier molecular flexibility index (Phi) is 8.89. The molecule has 1 aromatic heterocycles. The average Bonchev–Trinajstić information content (AvgIpc) is 2.48. The summed E-state index contributed by atoms with van der Waals surface area (Å²) in [6.07, 6.45) is 0.222. The van der Waals surface area contributed by atoms with Gasteiger partial charge in [0.2, 0.25) is 0 Å². The Morgan fingerprint density at radius 2 is 1.73 bits per heavy atom. The van der Waals surface area contributed by atoms with Crippen LogP contribution in [0.1, 0.15) is 13.3 Å². The van der Waals surface area contributed by atoms with Crippen molar-refractivity contribution in [2.75, 3.05) is 11.5 Å². The van der Waals surface area contributed by atoms with E-state index >= 15 is 0 Å². The maximum absolute atomic E-state index is 9.37. The summed E-state index contributed by atoms with van der Waals surface area (Å²) in [6.45, 7) is 1.60. The van der Waals surface area contributed by atoms with Gasteiger partial charge in [-0.1, -0.05) is 25.1 Å². The van der Waals surface area contributed by atoms with E-state index in [0.717, 1.165) is 5.69 Å². The summed E-state index contributed by atoms with van der Waals surface area (Å²) in [6, 6.07) is 12.7. The highest BCUT2D eigenvalue weighted by Gasteiger charge is 1.98. The molecule has 0 saturated heterocycles. The molecule has 0 saturated carbocycles. The molecule has 0 bridgehead atoms. The minimum absolute atomic E-state index is 0. The van der Waals surface area contributed by atoms with Crippen LogP contribution in [0.3, 0.4) is 0 Å². The maximum atomic E-state index is 9.37. The van der Waals surface area contributed by atoms with E-state index in [1.807, 2.05) is 30.3 Å². The lowest BCUT2D eigenvalue weighted by Crippen LogP contribution is -1.95. The van der Waals surface area contributed by atoms with Crippen molar-refractivity contribution in [3.05, 3.63) is 42.5 Å². The zero-order valence-corrected chi connectivity index (χ0v) is 12.8. The molecule has 1 heterocycles. The first-order valence-electron chi connectivity index (χ1n) is 6.23. The molecular formula is C14H18ClN5O2. The number of hydrogen-bond acceptors (Lipinski definition) is 6. The number of carbonyl (C=O) groups is 1. The number of aromatic nitrogens is 1. The van der Waals surface area contributed by atoms with Gasteiger partial charge in [-0.05, 0) is 24.3 Å². The number of carboxylic acid groups (broad SMARTS) is 1. The van der Waals surface area contributed by atoms with Gasteiger partial charge in [0, 0.05) is 6.42 Å². The predicted octanol–water partition coefficient (Wildman–Crippen LogP) is 3.56. The largest absolute Gasteiger partial charge is 0.481 e. The SMILES string of the molecule is CCC(=O)O.Cl.Nc1ccc(N=Nc2ccccc2)c(N)n1. The van der Waals surface area contributed by atoms with Crippen LogP contribution >= 0.6 is 12.4 Å². The molecule has 0 amide bonds. The number of benzene rings is 1. The molecule has 8 heteroatoms. The van der Waals surface area contributed by atoms with Crippen LogP contribution in [-0.4, -0.2) is 16.1 Å². The second kappa shape index (κ2) is 10.1. The summed E-state index contributed by atoms with van der Waals surface area (Å²) in [5, 5.41) is 15.8. The van der Waals surface area contributed by atoms with Gasteiger partial charge in [-0.25, -0.2) is 4.98 Å². The van der Waals surface area contributed by atoms with Crippen LogP contribution in [0.4, 0.5) is 23.0 Å². The number of nitrogen functional groups attached to an aromatic ring is 2. The third-order valence-electron chi connectivity index (χ3n) is 2.26. The number of carboxylic acids is 1. The number of halogens is 1. The molecular weight excluding hydrogens is 306 g/mol. The quantitative estimate of drug-likeness (QED) is 0.744. The van der Waals surface area contributed by atoms with Crippen molar-refractivity contribution in [3.8, 4) is 0 Å². The van der Waals surface area contributed by atoms with Crippen LogP contribution in [0.25, 0.3) is 0 Å². The zero-order chi connectivity index (χ0) is 15.7. The van der Waals surface area contributed by atoms with Gasteiger partial charge in [0.15, 0.2) is 5.82 Å². The molecule has 2 rings (SSSR count). The van der Waals surface area contributed by atoms with E-state index in [-0.39, 0.29) is 24.6 Å². The van der Waals surface area contributed by atoms with Crippen molar-refractivity contribution in [1.29, 1.82) is 0 Å². The molecule has 7 nitrogen and oxygen atoms in total. The Morgan fingerprint density at radius 1 is 1.14 bits per heavy atom. The topological polar surface area (TPSA) is 127 Å². The summed E-state index contributed by atoms with van der Waals surface area (Å²) in [5.74, 6) is -0.0964. The number of anilines is 2. The number of aliphatic carboxylic acids is 1. The monoisotopic (exact) mass is 323 g/mol. The molecule has 0 spiro atoms. The summed E-state index contributed by atoms with van der Waals surface area (Å²) >= 11 is 0. The number of rotatable bonds is 3. The van der Waals surface area contributed by atoms with Crippen molar-refractivity contribution in [2.45, 2.75) is 13.3 Å². The van der Waals surface area contributed by atoms with Gasteiger partial charge in [-0.3, -0.25) is 4.79 Å². The van der Waals surface area contributed by atoms with E-state index in [0.29, 0.717) is 11.5 Å². The second-order valence-corrected chi connectivity index (χ2v) is 3.92. The number of nitrogens with two attached hydrogens (primary N) is 2. The summed E-state index contributed by atoms with van der Waals surface area (Å²) in [4.78, 5) is 13.3. The predicted molar refractivity (Wildman–Crippen MR) is 88.9 cm³/mol. The fraction of sp³-hybridized carbons (Fsp3) is 0.143. The third kappa shape index (κ3) is 7.20. The van der Waals surface area contributed by atoms with Crippen LogP contribution in [0.2, 0.25) is 0 Å². The summed E-state index contributed by atoms with van der Waals surface area (Å²) in [7, 11) is 0. The lowest BCUT2D eigenvalue weighted by molar-refractivity contribution is -0.136. The Morgan fingerprint density at radius 3 is 2.23 bits per heavy atom. The molecule has 0 aliphatic carbocycles. The molecule has 2 aromatic rings. The fourth-order valence-corrected chi connectivity index (χ4v) is 1.17. The lowest BCUT2D eigenvalue weighted by atomic mass is 10.3. The van der Waals surface area contributed by atoms with Crippen LogP contribution < -0.4 is 11.5 Å². The summed E-state index contributed by atoms with van der Waals surface area (Å²) < 4.78 is 0. The summed E-state index contributed by atoms with van der Waals surface area (Å²) in [5.41, 5.74) is 12.4. The van der Waals surface area contributed by atoms with E-state index < -0.39 is 5.97 Å².